The van der Waals surface area contributed by atoms with Crippen LogP contribution in [0.3, 0.4) is 0 Å². The van der Waals surface area contributed by atoms with E-state index in [1.807, 2.05) is 19.1 Å². The monoisotopic (exact) mass is 386 g/mol. The molecule has 0 radical (unpaired) electrons. The van der Waals surface area contributed by atoms with E-state index in [1.54, 1.807) is 0 Å². The molecular formula is C25H38O3. The summed E-state index contributed by atoms with van der Waals surface area (Å²) >= 11 is 0. The van der Waals surface area contributed by atoms with Crippen molar-refractivity contribution < 1.29 is 14.3 Å². The molecule has 0 saturated heterocycles. The molecule has 0 spiro atoms. The molecule has 156 valence electrons. The number of unbranched alkanes of at least 4 members (excludes halogenated alkanes) is 1. The number of hydrogen-bond donors (Lipinski definition) is 0. The van der Waals surface area contributed by atoms with E-state index in [0.29, 0.717) is 17.6 Å². The van der Waals surface area contributed by atoms with Gasteiger partial charge in [0, 0.05) is 6.61 Å². The van der Waals surface area contributed by atoms with Crippen LogP contribution in [0.1, 0.15) is 106 Å². The van der Waals surface area contributed by atoms with E-state index < -0.39 is 0 Å². The molecular weight excluding hydrogens is 348 g/mol. The summed E-state index contributed by atoms with van der Waals surface area (Å²) in [7, 11) is 0. The number of esters is 1. The zero-order valence-corrected chi connectivity index (χ0v) is 17.8. The summed E-state index contributed by atoms with van der Waals surface area (Å²) in [6.07, 6.45) is 13.6. The molecule has 3 rings (SSSR count). The fourth-order valence-corrected chi connectivity index (χ4v) is 4.94. The summed E-state index contributed by atoms with van der Waals surface area (Å²) in [6.45, 7) is 5.08. The molecule has 3 heteroatoms. The number of carbonyl (C=O) groups excluding carboxylic acids is 1. The highest BCUT2D eigenvalue weighted by Crippen LogP contribution is 2.37. The van der Waals surface area contributed by atoms with E-state index >= 15 is 0 Å². The summed E-state index contributed by atoms with van der Waals surface area (Å²) in [5.74, 6) is 1.43. The molecule has 0 atom stereocenters. The molecule has 0 unspecified atom stereocenters. The quantitative estimate of drug-likeness (QED) is 0.469. The lowest BCUT2D eigenvalue weighted by atomic mass is 9.77. The van der Waals surface area contributed by atoms with Gasteiger partial charge in [0.1, 0.15) is 6.10 Å². The Labute approximate surface area is 171 Å². The first kappa shape index (κ1) is 21.4. The molecule has 0 N–H and O–H groups in total. The van der Waals surface area contributed by atoms with Gasteiger partial charge in [-0.1, -0.05) is 38.3 Å². The van der Waals surface area contributed by atoms with Crippen LogP contribution in [-0.2, 0) is 9.47 Å². The van der Waals surface area contributed by atoms with E-state index in [-0.39, 0.29) is 12.1 Å². The van der Waals surface area contributed by atoms with Crippen LogP contribution in [0.25, 0.3) is 0 Å². The molecule has 0 aliphatic heterocycles. The Hall–Kier alpha value is -1.35. The first-order valence-electron chi connectivity index (χ1n) is 11.6. The summed E-state index contributed by atoms with van der Waals surface area (Å²) in [6, 6.07) is 8.23. The largest absolute Gasteiger partial charge is 0.459 e. The average molecular weight is 387 g/mol. The third-order valence-electron chi connectivity index (χ3n) is 6.73. The number of carbonyl (C=O) groups is 1. The normalized spacial score (nSPS) is 28.1. The van der Waals surface area contributed by atoms with Crippen molar-refractivity contribution in [2.75, 3.05) is 6.61 Å². The standard InChI is InChI=1S/C25H38O3/c1-3-5-6-19-7-9-20(10-8-19)21-11-13-22(14-12-21)25(26)28-24-17-15-23(16-18-24)27-4-2/h11-14,19-20,23-24H,3-10,15-18H2,1-2H3. The van der Waals surface area contributed by atoms with E-state index in [1.165, 1.54) is 50.5 Å². The second-order valence-corrected chi connectivity index (χ2v) is 8.74. The Morgan fingerprint density at radius 3 is 2.14 bits per heavy atom. The SMILES string of the molecule is CCCCC1CCC(c2ccc(C(=O)OC3CCC(OCC)CC3)cc2)CC1. The Kier molecular flexibility index (Phi) is 8.39. The van der Waals surface area contributed by atoms with Crippen molar-refractivity contribution in [1.82, 2.24) is 0 Å². The van der Waals surface area contributed by atoms with E-state index in [4.69, 9.17) is 9.47 Å². The van der Waals surface area contributed by atoms with E-state index in [9.17, 15) is 4.79 Å². The fourth-order valence-electron chi connectivity index (χ4n) is 4.94. The Morgan fingerprint density at radius 2 is 1.54 bits per heavy atom. The number of ether oxygens (including phenoxy) is 2. The van der Waals surface area contributed by atoms with Crippen LogP contribution in [0.2, 0.25) is 0 Å². The number of benzene rings is 1. The topological polar surface area (TPSA) is 35.5 Å². The summed E-state index contributed by atoms with van der Waals surface area (Å²) in [4.78, 5) is 12.5. The van der Waals surface area contributed by atoms with Gasteiger partial charge in [-0.25, -0.2) is 4.79 Å². The third-order valence-corrected chi connectivity index (χ3v) is 6.73. The van der Waals surface area contributed by atoms with Crippen LogP contribution >= 0.6 is 0 Å². The van der Waals surface area contributed by atoms with Crippen LogP contribution in [0.4, 0.5) is 0 Å². The predicted molar refractivity (Wildman–Crippen MR) is 114 cm³/mol. The summed E-state index contributed by atoms with van der Waals surface area (Å²) in [5, 5.41) is 0. The fraction of sp³-hybridized carbons (Fsp3) is 0.720. The number of hydrogen-bond acceptors (Lipinski definition) is 3. The van der Waals surface area contributed by atoms with Crippen molar-refractivity contribution in [2.45, 2.75) is 103 Å². The van der Waals surface area contributed by atoms with Gasteiger partial charge in [0.2, 0.25) is 0 Å². The van der Waals surface area contributed by atoms with Gasteiger partial charge < -0.3 is 9.47 Å². The van der Waals surface area contributed by atoms with Gasteiger partial charge in [-0.3, -0.25) is 0 Å². The molecule has 2 fully saturated rings. The van der Waals surface area contributed by atoms with E-state index in [2.05, 4.69) is 19.1 Å². The molecule has 3 nitrogen and oxygen atoms in total. The predicted octanol–water partition coefficient (Wildman–Crippen LogP) is 6.66. The zero-order valence-electron chi connectivity index (χ0n) is 17.8. The highest BCUT2D eigenvalue weighted by atomic mass is 16.5. The van der Waals surface area contributed by atoms with Crippen LogP contribution in [-0.4, -0.2) is 24.8 Å². The lowest BCUT2D eigenvalue weighted by molar-refractivity contribution is -0.0163. The van der Waals surface area contributed by atoms with Gasteiger partial charge >= 0.3 is 5.97 Å². The van der Waals surface area contributed by atoms with Crippen molar-refractivity contribution in [3.63, 3.8) is 0 Å². The third kappa shape index (κ3) is 6.07. The van der Waals surface area contributed by atoms with Crippen molar-refractivity contribution in [1.29, 1.82) is 0 Å². The first-order chi connectivity index (χ1) is 13.7. The molecule has 2 aliphatic rings. The molecule has 0 bridgehead atoms. The maximum atomic E-state index is 12.5. The highest BCUT2D eigenvalue weighted by molar-refractivity contribution is 5.89. The van der Waals surface area contributed by atoms with Gasteiger partial charge in [-0.2, -0.15) is 0 Å². The van der Waals surface area contributed by atoms with Crippen LogP contribution in [0.5, 0.6) is 0 Å². The molecule has 0 aromatic heterocycles. The molecule has 0 amide bonds. The Morgan fingerprint density at radius 1 is 0.893 bits per heavy atom. The first-order valence-corrected chi connectivity index (χ1v) is 11.6. The summed E-state index contributed by atoms with van der Waals surface area (Å²) in [5.41, 5.74) is 2.08. The summed E-state index contributed by atoms with van der Waals surface area (Å²) < 4.78 is 11.4. The van der Waals surface area contributed by atoms with Gasteiger partial charge in [0.15, 0.2) is 0 Å². The second-order valence-electron chi connectivity index (χ2n) is 8.74. The molecule has 2 saturated carbocycles. The number of rotatable bonds is 8. The van der Waals surface area contributed by atoms with Crippen molar-refractivity contribution in [3.05, 3.63) is 35.4 Å². The average Bonchev–Trinajstić information content (AvgIpc) is 2.74. The lowest BCUT2D eigenvalue weighted by Crippen LogP contribution is -2.28. The van der Waals surface area contributed by atoms with Crippen LogP contribution in [0, 0.1) is 5.92 Å². The van der Waals surface area contributed by atoms with Gasteiger partial charge in [0.05, 0.1) is 11.7 Å². The zero-order chi connectivity index (χ0) is 19.8. The molecule has 1 aromatic carbocycles. The second kappa shape index (κ2) is 11.0. The van der Waals surface area contributed by atoms with E-state index in [0.717, 1.165) is 38.2 Å². The molecule has 28 heavy (non-hydrogen) atoms. The Bertz CT molecular complexity index is 578. The van der Waals surface area contributed by atoms with Gasteiger partial charge in [-0.05, 0) is 87.8 Å². The molecule has 0 heterocycles. The Balaban J connectivity index is 1.45. The lowest BCUT2D eigenvalue weighted by Gasteiger charge is -2.29. The minimum atomic E-state index is -0.172. The highest BCUT2D eigenvalue weighted by Gasteiger charge is 2.25. The van der Waals surface area contributed by atoms with Gasteiger partial charge in [-0.15, -0.1) is 0 Å². The maximum Gasteiger partial charge on any atom is 0.338 e. The van der Waals surface area contributed by atoms with Crippen molar-refractivity contribution in [2.24, 2.45) is 5.92 Å². The molecule has 2 aliphatic carbocycles. The van der Waals surface area contributed by atoms with Gasteiger partial charge in [0.25, 0.3) is 0 Å². The van der Waals surface area contributed by atoms with Crippen LogP contribution in [0.15, 0.2) is 24.3 Å². The minimum Gasteiger partial charge on any atom is -0.459 e. The van der Waals surface area contributed by atoms with Crippen LogP contribution < -0.4 is 0 Å². The van der Waals surface area contributed by atoms with Crippen molar-refractivity contribution >= 4 is 5.97 Å². The smallest absolute Gasteiger partial charge is 0.338 e. The molecule has 1 aromatic rings. The maximum absolute atomic E-state index is 12.5. The van der Waals surface area contributed by atoms with Crippen molar-refractivity contribution in [3.8, 4) is 0 Å². The minimum absolute atomic E-state index is 0.0438.